The van der Waals surface area contributed by atoms with Gasteiger partial charge < -0.3 is 24.2 Å². The lowest BCUT2D eigenvalue weighted by molar-refractivity contribution is -0.0571. The summed E-state index contributed by atoms with van der Waals surface area (Å²) in [6.45, 7) is 23.8. The summed E-state index contributed by atoms with van der Waals surface area (Å²) in [4.78, 5) is 39.1. The van der Waals surface area contributed by atoms with Crippen molar-refractivity contribution < 1.29 is 31.0 Å². The minimum absolute atomic E-state index is 0.0897. The second-order valence-electron chi connectivity index (χ2n) is 14.6. The fraction of sp³-hybridized carbons (Fsp3) is 0.750. The van der Waals surface area contributed by atoms with Crippen molar-refractivity contribution in [2.45, 2.75) is 116 Å². The van der Waals surface area contributed by atoms with Crippen molar-refractivity contribution in [3.8, 4) is 0 Å². The fourth-order valence-corrected chi connectivity index (χ4v) is 8.19. The summed E-state index contributed by atoms with van der Waals surface area (Å²) < 4.78 is 54.9. The first-order valence-corrected chi connectivity index (χ1v) is 22.1. The van der Waals surface area contributed by atoms with Gasteiger partial charge in [0.05, 0.1) is 17.7 Å². The molecule has 13 nitrogen and oxygen atoms in total. The highest BCUT2D eigenvalue weighted by molar-refractivity contribution is 7.90. The number of rotatable bonds is 8. The average molecular weight is 675 g/mol. The predicted molar refractivity (Wildman–Crippen MR) is 173 cm³/mol. The molecule has 0 radical (unpaired) electrons. The number of nitrogens with one attached hydrogen (secondary N) is 2. The van der Waals surface area contributed by atoms with Crippen molar-refractivity contribution in [2.75, 3.05) is 13.2 Å². The van der Waals surface area contributed by atoms with Gasteiger partial charge in [-0.2, -0.15) is 8.42 Å². The van der Waals surface area contributed by atoms with Crippen LogP contribution in [0.2, 0.25) is 36.3 Å². The smallest absolute Gasteiger partial charge is 0.332 e. The molecule has 2 aliphatic heterocycles. The Balaban J connectivity index is 2.36. The van der Waals surface area contributed by atoms with Crippen LogP contribution in [-0.2, 0) is 34.9 Å². The summed E-state index contributed by atoms with van der Waals surface area (Å²) in [5.74, 6) is 0. The van der Waals surface area contributed by atoms with Crippen molar-refractivity contribution in [1.29, 1.82) is 0 Å². The van der Waals surface area contributed by atoms with E-state index >= 15 is 0 Å². The maximum Gasteiger partial charge on any atom is 0.332 e. The molecule has 2 N–H and O–H groups in total. The Bertz CT molecular complexity index is 1540. The van der Waals surface area contributed by atoms with Crippen LogP contribution in [-0.4, -0.2) is 71.2 Å². The van der Waals surface area contributed by atoms with E-state index in [0.29, 0.717) is 0 Å². The first kappa shape index (κ1) is 36.4. The van der Waals surface area contributed by atoms with Gasteiger partial charge >= 0.3 is 11.7 Å². The normalized spacial score (nSPS) is 25.8. The van der Waals surface area contributed by atoms with Gasteiger partial charge in [0.15, 0.2) is 28.5 Å². The lowest BCUT2D eigenvalue weighted by Gasteiger charge is -2.44. The van der Waals surface area contributed by atoms with Crippen molar-refractivity contribution in [3.63, 3.8) is 0 Å². The van der Waals surface area contributed by atoms with Crippen molar-refractivity contribution in [3.05, 3.63) is 43.7 Å². The standard InChI is InChI=1S/C28H50N4O9SSi2/c1-14-29-24(34)30-19-17-42(36,37)41-28(19)20(16-38-43(10,11)26(3,4)5)39-23(21(28)40-44(12,13)27(6,7)8)32-15-18(2)22(33)31(9)25(32)35/h15,17,20-21,23H,14,16H2,1-13H3,(H2,29,30,34)/t20-,21+,23-,28-/m1/s1. The molecule has 0 bridgehead atoms. The number of hydrogen-bond acceptors (Lipinski definition) is 9. The number of ether oxygens (including phenoxy) is 1. The molecule has 3 heterocycles. The van der Waals surface area contributed by atoms with Gasteiger partial charge in [-0.1, -0.05) is 41.5 Å². The molecule has 1 aromatic heterocycles. The molecule has 0 unspecified atom stereocenters. The van der Waals surface area contributed by atoms with E-state index in [4.69, 9.17) is 17.8 Å². The molecule has 0 aromatic carbocycles. The Kier molecular flexibility index (Phi) is 9.87. The van der Waals surface area contributed by atoms with Crippen LogP contribution in [0.3, 0.4) is 0 Å². The maximum atomic E-state index is 13.6. The van der Waals surface area contributed by atoms with Gasteiger partial charge in [-0.3, -0.25) is 13.9 Å². The molecule has 1 saturated heterocycles. The lowest BCUT2D eigenvalue weighted by Crippen LogP contribution is -2.60. The topological polar surface area (TPSA) is 156 Å². The Morgan fingerprint density at radius 2 is 1.64 bits per heavy atom. The zero-order valence-electron chi connectivity index (χ0n) is 28.3. The van der Waals surface area contributed by atoms with Gasteiger partial charge in [0, 0.05) is 25.4 Å². The monoisotopic (exact) mass is 674 g/mol. The number of carbonyl (C=O) groups is 1. The highest BCUT2D eigenvalue weighted by atomic mass is 32.2. The van der Waals surface area contributed by atoms with Crippen molar-refractivity contribution in [1.82, 2.24) is 19.8 Å². The summed E-state index contributed by atoms with van der Waals surface area (Å²) in [5.41, 5.74) is -2.91. The molecule has 16 heteroatoms. The molecule has 1 fully saturated rings. The van der Waals surface area contributed by atoms with Gasteiger partial charge in [0.1, 0.15) is 12.2 Å². The number of aromatic nitrogens is 2. The molecular formula is C28H50N4O9SSi2. The number of nitrogens with zero attached hydrogens (tertiary/aromatic N) is 2. The molecule has 2 aliphatic rings. The highest BCUT2D eigenvalue weighted by Gasteiger charge is 2.68. The van der Waals surface area contributed by atoms with Crippen LogP contribution in [0.15, 0.2) is 26.9 Å². The first-order valence-electron chi connectivity index (χ1n) is 14.8. The number of urea groups is 1. The van der Waals surface area contributed by atoms with Crippen LogP contribution in [0.25, 0.3) is 0 Å². The summed E-state index contributed by atoms with van der Waals surface area (Å²) in [7, 11) is -8.20. The number of aryl methyl sites for hydroxylation is 1. The minimum Gasteiger partial charge on any atom is -0.414 e. The zero-order chi connectivity index (χ0) is 33.8. The molecule has 44 heavy (non-hydrogen) atoms. The predicted octanol–water partition coefficient (Wildman–Crippen LogP) is 3.42. The van der Waals surface area contributed by atoms with Gasteiger partial charge in [-0.05, 0) is 50.1 Å². The summed E-state index contributed by atoms with van der Waals surface area (Å²) in [6, 6.07) is -0.646. The largest absolute Gasteiger partial charge is 0.414 e. The van der Waals surface area contributed by atoms with Crippen LogP contribution in [0.5, 0.6) is 0 Å². The van der Waals surface area contributed by atoms with Crippen molar-refractivity contribution in [2.24, 2.45) is 7.05 Å². The molecule has 4 atom stereocenters. The summed E-state index contributed by atoms with van der Waals surface area (Å²) >= 11 is 0. The van der Waals surface area contributed by atoms with Crippen LogP contribution in [0, 0.1) is 6.92 Å². The molecule has 2 amide bonds. The van der Waals surface area contributed by atoms with Gasteiger partial charge in [-0.15, -0.1) is 0 Å². The van der Waals surface area contributed by atoms with E-state index in [1.807, 2.05) is 47.0 Å². The van der Waals surface area contributed by atoms with E-state index < -0.39 is 68.1 Å². The van der Waals surface area contributed by atoms with Crippen LogP contribution in [0.1, 0.15) is 60.3 Å². The number of hydrogen-bond donors (Lipinski definition) is 2. The Morgan fingerprint density at radius 3 is 2.16 bits per heavy atom. The minimum atomic E-state index is -4.36. The van der Waals surface area contributed by atoms with E-state index in [1.54, 1.807) is 13.8 Å². The first-order chi connectivity index (χ1) is 19.8. The van der Waals surface area contributed by atoms with Gasteiger partial charge in [0.25, 0.3) is 15.7 Å². The molecular weight excluding hydrogens is 625 g/mol. The van der Waals surface area contributed by atoms with Crippen LogP contribution in [0.4, 0.5) is 4.79 Å². The summed E-state index contributed by atoms with van der Waals surface area (Å²) in [6.07, 6.45) is -2.27. The van der Waals surface area contributed by atoms with E-state index in [1.165, 1.54) is 17.8 Å². The second kappa shape index (κ2) is 11.9. The number of carbonyl (C=O) groups excluding carboxylic acids is 1. The zero-order valence-corrected chi connectivity index (χ0v) is 31.1. The molecule has 250 valence electrons. The second-order valence-corrected chi connectivity index (χ2v) is 25.6. The molecule has 3 rings (SSSR count). The molecule has 1 aromatic rings. The third kappa shape index (κ3) is 6.71. The average Bonchev–Trinajstić information content (AvgIpc) is 3.29. The highest BCUT2D eigenvalue weighted by Crippen LogP contribution is 2.52. The quantitative estimate of drug-likeness (QED) is 0.312. The van der Waals surface area contributed by atoms with Crippen LogP contribution < -0.4 is 21.9 Å². The SMILES string of the molecule is CCNC(=O)NC1=CS(=O)(=O)O[C@@]12[C@@H](CO[Si](C)(C)C(C)(C)C)O[C@@H](n1cc(C)c(=O)n(C)c1=O)[C@@H]2O[Si](C)(C)C(C)(C)C. The third-order valence-corrected chi connectivity index (χ3v) is 19.4. The van der Waals surface area contributed by atoms with Crippen LogP contribution >= 0.6 is 0 Å². The van der Waals surface area contributed by atoms with Gasteiger partial charge in [0.2, 0.25) is 0 Å². The number of amides is 2. The molecule has 0 aliphatic carbocycles. The van der Waals surface area contributed by atoms with E-state index in [2.05, 4.69) is 31.4 Å². The molecule has 0 saturated carbocycles. The third-order valence-electron chi connectivity index (χ3n) is 9.37. The fourth-order valence-electron chi connectivity index (χ4n) is 4.66. The maximum absolute atomic E-state index is 13.6. The Morgan fingerprint density at radius 1 is 1.07 bits per heavy atom. The van der Waals surface area contributed by atoms with E-state index in [0.717, 1.165) is 9.98 Å². The Labute approximate surface area is 262 Å². The van der Waals surface area contributed by atoms with Crippen molar-refractivity contribution >= 4 is 32.8 Å². The van der Waals surface area contributed by atoms with E-state index in [9.17, 15) is 22.8 Å². The Hall–Kier alpha value is -2.09. The lowest BCUT2D eigenvalue weighted by atomic mass is 9.89. The molecule has 1 spiro atoms. The van der Waals surface area contributed by atoms with E-state index in [-0.39, 0.29) is 34.5 Å². The summed E-state index contributed by atoms with van der Waals surface area (Å²) in [5, 5.41) is 5.62. The van der Waals surface area contributed by atoms with Gasteiger partial charge in [-0.25, -0.2) is 13.8 Å².